The molecule has 6 heteroatoms. The molecule has 134 valence electrons. The molecule has 0 bridgehead atoms. The molecule has 1 aliphatic rings. The van der Waals surface area contributed by atoms with Crippen LogP contribution < -0.4 is 20.1 Å². The number of aliphatic imine (C=N–C) groups is 1. The molecule has 0 aliphatic carbocycles. The first kappa shape index (κ1) is 18.8. The van der Waals surface area contributed by atoms with E-state index in [4.69, 9.17) is 9.47 Å². The summed E-state index contributed by atoms with van der Waals surface area (Å²) in [6.45, 7) is 5.99. The highest BCUT2D eigenvalue weighted by atomic mass is 32.2. The maximum atomic E-state index is 5.90. The van der Waals surface area contributed by atoms with E-state index in [9.17, 15) is 0 Å². The first-order chi connectivity index (χ1) is 11.5. The van der Waals surface area contributed by atoms with Crippen LogP contribution in [0.4, 0.5) is 0 Å². The van der Waals surface area contributed by atoms with Crippen molar-refractivity contribution in [2.45, 2.75) is 37.5 Å². The predicted octanol–water partition coefficient (Wildman–Crippen LogP) is 2.91. The molecule has 24 heavy (non-hydrogen) atoms. The minimum Gasteiger partial charge on any atom is -0.497 e. The summed E-state index contributed by atoms with van der Waals surface area (Å²) in [4.78, 5) is 4.29. The Morgan fingerprint density at radius 1 is 1.29 bits per heavy atom. The van der Waals surface area contributed by atoms with Crippen LogP contribution in [0.1, 0.15) is 26.7 Å². The van der Waals surface area contributed by atoms with Crippen LogP contribution in [0.3, 0.4) is 0 Å². The van der Waals surface area contributed by atoms with Crippen molar-refractivity contribution in [3.05, 3.63) is 24.3 Å². The van der Waals surface area contributed by atoms with Crippen molar-refractivity contribution in [3.8, 4) is 11.5 Å². The first-order valence-corrected chi connectivity index (χ1v) is 9.42. The van der Waals surface area contributed by atoms with Gasteiger partial charge in [-0.15, -0.1) is 0 Å². The van der Waals surface area contributed by atoms with Crippen molar-refractivity contribution in [1.29, 1.82) is 0 Å². The molecule has 0 spiro atoms. The second-order valence-corrected chi connectivity index (χ2v) is 8.00. The molecule has 0 radical (unpaired) electrons. The lowest BCUT2D eigenvalue weighted by Gasteiger charge is -2.25. The average Bonchev–Trinajstić information content (AvgIpc) is 3.02. The van der Waals surface area contributed by atoms with Crippen molar-refractivity contribution in [2.24, 2.45) is 4.99 Å². The minimum atomic E-state index is 0.0355. The summed E-state index contributed by atoms with van der Waals surface area (Å²) in [5.74, 6) is 3.75. The van der Waals surface area contributed by atoms with E-state index in [2.05, 4.69) is 22.5 Å². The molecule has 2 rings (SSSR count). The molecule has 5 nitrogen and oxygen atoms in total. The fraction of sp³-hybridized carbons (Fsp3) is 0.611. The van der Waals surface area contributed by atoms with Gasteiger partial charge in [0.25, 0.3) is 0 Å². The van der Waals surface area contributed by atoms with Gasteiger partial charge in [-0.05, 0) is 56.7 Å². The van der Waals surface area contributed by atoms with Crippen LogP contribution in [0.25, 0.3) is 0 Å². The molecule has 1 aliphatic heterocycles. The van der Waals surface area contributed by atoms with Gasteiger partial charge in [0.05, 0.1) is 13.7 Å². The van der Waals surface area contributed by atoms with E-state index >= 15 is 0 Å². The number of nitrogens with one attached hydrogen (secondary N) is 2. The maximum absolute atomic E-state index is 5.90. The van der Waals surface area contributed by atoms with Gasteiger partial charge in [0, 0.05) is 18.3 Å². The molecular formula is C18H29N3O2S. The zero-order valence-corrected chi connectivity index (χ0v) is 15.9. The smallest absolute Gasteiger partial charge is 0.191 e. The topological polar surface area (TPSA) is 54.9 Å². The number of hydrogen-bond acceptors (Lipinski definition) is 4. The SMILES string of the molecule is CN=C(NCC(C)Oc1ccc(OC)cc1)NCC1(C)CCCS1. The summed E-state index contributed by atoms with van der Waals surface area (Å²) < 4.78 is 11.4. The maximum Gasteiger partial charge on any atom is 0.191 e. The summed E-state index contributed by atoms with van der Waals surface area (Å²) in [5, 5.41) is 6.77. The van der Waals surface area contributed by atoms with Crippen LogP contribution in [0.15, 0.2) is 29.3 Å². The standard InChI is InChI=1S/C18H29N3O2S/c1-14(23-16-8-6-15(22-4)7-9-16)12-20-17(19-3)21-13-18(2)10-5-11-24-18/h6-9,14H,5,10-13H2,1-4H3,(H2,19,20,21). The number of benzene rings is 1. The lowest BCUT2D eigenvalue weighted by molar-refractivity contribution is 0.223. The zero-order chi connectivity index (χ0) is 17.4. The van der Waals surface area contributed by atoms with Gasteiger partial charge in [-0.1, -0.05) is 0 Å². The third-order valence-corrected chi connectivity index (χ3v) is 5.65. The van der Waals surface area contributed by atoms with Crippen molar-refractivity contribution in [1.82, 2.24) is 10.6 Å². The molecule has 0 aromatic heterocycles. The van der Waals surface area contributed by atoms with Gasteiger partial charge < -0.3 is 20.1 Å². The Hall–Kier alpha value is -1.56. The van der Waals surface area contributed by atoms with E-state index < -0.39 is 0 Å². The van der Waals surface area contributed by atoms with Gasteiger partial charge in [0.1, 0.15) is 17.6 Å². The predicted molar refractivity (Wildman–Crippen MR) is 103 cm³/mol. The molecule has 1 heterocycles. The summed E-state index contributed by atoms with van der Waals surface area (Å²) in [5.41, 5.74) is 0. The number of thioether (sulfide) groups is 1. The van der Waals surface area contributed by atoms with Crippen LogP contribution in [0.5, 0.6) is 11.5 Å². The summed E-state index contributed by atoms with van der Waals surface area (Å²) >= 11 is 2.05. The summed E-state index contributed by atoms with van der Waals surface area (Å²) in [7, 11) is 3.46. The lowest BCUT2D eigenvalue weighted by atomic mass is 10.1. The molecule has 1 fully saturated rings. The van der Waals surface area contributed by atoms with E-state index in [0.29, 0.717) is 11.3 Å². The van der Waals surface area contributed by atoms with Crippen LogP contribution in [-0.4, -0.2) is 49.8 Å². The Bertz CT molecular complexity index is 528. The second-order valence-electron chi connectivity index (χ2n) is 6.31. The highest BCUT2D eigenvalue weighted by Gasteiger charge is 2.29. The fourth-order valence-corrected chi connectivity index (χ4v) is 3.88. The zero-order valence-electron chi connectivity index (χ0n) is 15.1. The lowest BCUT2D eigenvalue weighted by Crippen LogP contribution is -2.46. The van der Waals surface area contributed by atoms with E-state index in [-0.39, 0.29) is 6.10 Å². The van der Waals surface area contributed by atoms with E-state index in [1.807, 2.05) is 43.0 Å². The van der Waals surface area contributed by atoms with Crippen molar-refractivity contribution in [3.63, 3.8) is 0 Å². The van der Waals surface area contributed by atoms with Crippen LogP contribution >= 0.6 is 11.8 Å². The molecular weight excluding hydrogens is 322 g/mol. The minimum absolute atomic E-state index is 0.0355. The third kappa shape index (κ3) is 5.82. The van der Waals surface area contributed by atoms with Crippen LogP contribution in [-0.2, 0) is 0 Å². The molecule has 0 amide bonds. The largest absolute Gasteiger partial charge is 0.497 e. The molecule has 1 aromatic rings. The van der Waals surface area contributed by atoms with Gasteiger partial charge >= 0.3 is 0 Å². The van der Waals surface area contributed by atoms with E-state index in [1.165, 1.54) is 18.6 Å². The highest BCUT2D eigenvalue weighted by Crippen LogP contribution is 2.36. The number of guanidine groups is 1. The Morgan fingerprint density at radius 3 is 2.58 bits per heavy atom. The number of nitrogens with zero attached hydrogens (tertiary/aromatic N) is 1. The highest BCUT2D eigenvalue weighted by molar-refractivity contribution is 8.00. The summed E-state index contributed by atoms with van der Waals surface area (Å²) in [6.07, 6.45) is 2.61. The Morgan fingerprint density at radius 2 is 2.00 bits per heavy atom. The average molecular weight is 352 g/mol. The van der Waals surface area contributed by atoms with Gasteiger partial charge in [-0.2, -0.15) is 11.8 Å². The number of ether oxygens (including phenoxy) is 2. The Labute approximate surface area is 149 Å². The molecule has 2 N–H and O–H groups in total. The normalized spacial score (nSPS) is 22.1. The summed E-state index contributed by atoms with van der Waals surface area (Å²) in [6, 6.07) is 7.63. The molecule has 2 atom stereocenters. The van der Waals surface area contributed by atoms with Gasteiger partial charge in [-0.3, -0.25) is 4.99 Å². The van der Waals surface area contributed by atoms with Crippen LogP contribution in [0.2, 0.25) is 0 Å². The van der Waals surface area contributed by atoms with Crippen molar-refractivity contribution >= 4 is 17.7 Å². The van der Waals surface area contributed by atoms with Gasteiger partial charge in [0.2, 0.25) is 0 Å². The fourth-order valence-electron chi connectivity index (χ4n) is 2.64. The molecule has 1 saturated heterocycles. The van der Waals surface area contributed by atoms with E-state index in [0.717, 1.165) is 24.0 Å². The van der Waals surface area contributed by atoms with Crippen molar-refractivity contribution < 1.29 is 9.47 Å². The number of methoxy groups -OCH3 is 1. The molecule has 2 unspecified atom stereocenters. The van der Waals surface area contributed by atoms with E-state index in [1.54, 1.807) is 14.2 Å². The monoisotopic (exact) mass is 351 g/mol. The molecule has 0 saturated carbocycles. The Balaban J connectivity index is 1.73. The second kappa shape index (κ2) is 9.06. The quantitative estimate of drug-likeness (QED) is 0.584. The van der Waals surface area contributed by atoms with Crippen LogP contribution in [0, 0.1) is 0 Å². The Kier molecular flexibility index (Phi) is 7.09. The van der Waals surface area contributed by atoms with Gasteiger partial charge in [0.15, 0.2) is 5.96 Å². The first-order valence-electron chi connectivity index (χ1n) is 8.44. The number of hydrogen-bond donors (Lipinski definition) is 2. The number of rotatable bonds is 7. The molecule has 1 aromatic carbocycles. The third-order valence-electron chi connectivity index (χ3n) is 4.11. The van der Waals surface area contributed by atoms with Crippen molar-refractivity contribution in [2.75, 3.05) is 33.0 Å². The van der Waals surface area contributed by atoms with Gasteiger partial charge in [-0.25, -0.2) is 0 Å².